The average molecular weight is 470 g/mol. The monoisotopic (exact) mass is 469 g/mol. The molecule has 4 nitrogen and oxygen atoms in total. The van der Waals surface area contributed by atoms with E-state index in [-0.39, 0.29) is 11.2 Å². The molecule has 0 aliphatic carbocycles. The van der Waals surface area contributed by atoms with Gasteiger partial charge in [-0.1, -0.05) is 87.6 Å². The number of hydrogen-bond acceptors (Lipinski definition) is 3. The number of rotatable bonds is 6. The zero-order valence-electron chi connectivity index (χ0n) is 19.7. The largest absolute Gasteiger partial charge is 0.502 e. The molecule has 0 radical (unpaired) electrons. The van der Waals surface area contributed by atoms with Crippen LogP contribution in [0.2, 0.25) is 0 Å². The Labute approximate surface area is 206 Å². The lowest BCUT2D eigenvalue weighted by Crippen LogP contribution is -2.41. The summed E-state index contributed by atoms with van der Waals surface area (Å²) in [5.41, 5.74) is 4.62. The number of nitrogens with one attached hydrogen (secondary N) is 1. The van der Waals surface area contributed by atoms with Crippen molar-refractivity contribution < 1.29 is 14.1 Å². The molecule has 0 aliphatic rings. The third-order valence-corrected chi connectivity index (χ3v) is 6.00. The van der Waals surface area contributed by atoms with E-state index in [0.717, 1.165) is 16.9 Å². The molecule has 0 saturated carbocycles. The molecule has 34 heavy (non-hydrogen) atoms. The Morgan fingerprint density at radius 1 is 0.882 bits per heavy atom. The second kappa shape index (κ2) is 10.1. The van der Waals surface area contributed by atoms with E-state index in [2.05, 4.69) is 50.4 Å². The van der Waals surface area contributed by atoms with Gasteiger partial charge in [-0.3, -0.25) is 0 Å². The van der Waals surface area contributed by atoms with E-state index >= 15 is 0 Å². The molecule has 2 aromatic heterocycles. The predicted octanol–water partition coefficient (Wildman–Crippen LogP) is 6.53. The summed E-state index contributed by atoms with van der Waals surface area (Å²) in [6, 6.07) is 25.8. The van der Waals surface area contributed by atoms with Crippen LogP contribution < -0.4 is 9.88 Å². The maximum atomic E-state index is 11.4. The topological polar surface area (TPSA) is 49.3 Å². The predicted molar refractivity (Wildman–Crippen MR) is 141 cm³/mol. The highest BCUT2D eigenvalue weighted by atomic mass is 32.1. The van der Waals surface area contributed by atoms with Crippen molar-refractivity contribution in [2.45, 2.75) is 32.7 Å². The van der Waals surface area contributed by atoms with Crippen molar-refractivity contribution in [1.29, 1.82) is 0 Å². The van der Waals surface area contributed by atoms with E-state index in [4.69, 9.17) is 16.6 Å². The van der Waals surface area contributed by atoms with Gasteiger partial charge < -0.3 is 14.8 Å². The van der Waals surface area contributed by atoms with Crippen LogP contribution in [0, 0.1) is 0 Å². The molecular formula is C29H29N2O2S+. The Hall–Kier alpha value is -3.70. The molecule has 5 heteroatoms. The number of thiocarbonyl (C=S) groups is 1. The smallest absolute Gasteiger partial charge is 0.287 e. The first-order valence-corrected chi connectivity index (χ1v) is 11.7. The van der Waals surface area contributed by atoms with E-state index in [1.807, 2.05) is 71.6 Å². The number of aromatic nitrogens is 1. The lowest BCUT2D eigenvalue weighted by Gasteiger charge is -2.18. The Morgan fingerprint density at radius 2 is 1.53 bits per heavy atom. The van der Waals surface area contributed by atoms with Gasteiger partial charge in [-0.15, -0.1) is 0 Å². The van der Waals surface area contributed by atoms with Crippen molar-refractivity contribution in [2.24, 2.45) is 0 Å². The zero-order chi connectivity index (χ0) is 24.1. The lowest BCUT2D eigenvalue weighted by atomic mass is 9.88. The molecular weight excluding hydrogens is 440 g/mol. The number of pyridine rings is 1. The summed E-state index contributed by atoms with van der Waals surface area (Å²) in [5.74, 6) is 0.867. The summed E-state index contributed by atoms with van der Waals surface area (Å²) < 4.78 is 7.27. The zero-order valence-corrected chi connectivity index (χ0v) is 20.5. The summed E-state index contributed by atoms with van der Waals surface area (Å²) in [6.45, 7) is 6.94. The maximum absolute atomic E-state index is 11.4. The van der Waals surface area contributed by atoms with E-state index in [1.165, 1.54) is 5.56 Å². The molecule has 0 amide bonds. The molecule has 0 fully saturated rings. The minimum Gasteiger partial charge on any atom is -0.502 e. The van der Waals surface area contributed by atoms with Crippen LogP contribution in [0.15, 0.2) is 102 Å². The van der Waals surface area contributed by atoms with Crippen molar-refractivity contribution in [3.8, 4) is 11.1 Å². The average Bonchev–Trinajstić information content (AvgIpc) is 3.37. The van der Waals surface area contributed by atoms with Gasteiger partial charge in [0, 0.05) is 17.7 Å². The van der Waals surface area contributed by atoms with Crippen LogP contribution in [-0.4, -0.2) is 10.1 Å². The van der Waals surface area contributed by atoms with Crippen molar-refractivity contribution in [1.82, 2.24) is 5.32 Å². The summed E-state index contributed by atoms with van der Waals surface area (Å²) >= 11 is 5.72. The standard InChI is InChI=1S/C29H28N2O2S/c1-29(2,3)24-15-17-31(18-16-24)26(28(34)30-20-25-10-7-19-33-25)27(32)23-13-11-22(12-14-23)21-8-5-4-6-9-21/h4-19H,20H2,1-3H3,(H-,30,32,34)/p+1. The highest BCUT2D eigenvalue weighted by Gasteiger charge is 2.25. The third-order valence-electron chi connectivity index (χ3n) is 5.66. The normalized spacial score (nSPS) is 12.2. The second-order valence-corrected chi connectivity index (χ2v) is 9.55. The van der Waals surface area contributed by atoms with Crippen LogP contribution in [0.5, 0.6) is 0 Å². The van der Waals surface area contributed by atoms with Gasteiger partial charge in [0.15, 0.2) is 23.1 Å². The van der Waals surface area contributed by atoms with Crippen LogP contribution >= 0.6 is 12.2 Å². The van der Waals surface area contributed by atoms with E-state index in [1.54, 1.807) is 6.26 Å². The Balaban J connectivity index is 1.70. The number of aliphatic hydroxyl groups is 1. The van der Waals surface area contributed by atoms with Gasteiger partial charge in [0.1, 0.15) is 5.76 Å². The summed E-state index contributed by atoms with van der Waals surface area (Å²) in [7, 11) is 0. The number of nitrogens with zero attached hydrogens (tertiary/aromatic N) is 1. The molecule has 2 aromatic carbocycles. The molecule has 2 N–H and O–H groups in total. The first-order chi connectivity index (χ1) is 16.3. The van der Waals surface area contributed by atoms with Gasteiger partial charge in [-0.2, -0.15) is 4.57 Å². The van der Waals surface area contributed by atoms with Gasteiger partial charge >= 0.3 is 0 Å². The molecule has 4 rings (SSSR count). The minimum absolute atomic E-state index is 0.0241. The van der Waals surface area contributed by atoms with Crippen LogP contribution in [0.4, 0.5) is 0 Å². The molecule has 0 atom stereocenters. The first-order valence-electron chi connectivity index (χ1n) is 11.2. The number of furan rings is 1. The summed E-state index contributed by atoms with van der Waals surface area (Å²) in [5, 5.41) is 14.6. The van der Waals surface area contributed by atoms with E-state index in [9.17, 15) is 5.11 Å². The molecule has 0 bridgehead atoms. The van der Waals surface area contributed by atoms with Gasteiger partial charge in [0.05, 0.1) is 12.8 Å². The van der Waals surface area contributed by atoms with Crippen LogP contribution in [0.1, 0.15) is 37.7 Å². The molecule has 0 unspecified atom stereocenters. The summed E-state index contributed by atoms with van der Waals surface area (Å²) in [4.78, 5) is 0.426. The minimum atomic E-state index is 0.0241. The lowest BCUT2D eigenvalue weighted by molar-refractivity contribution is -0.576. The van der Waals surface area contributed by atoms with Crippen molar-refractivity contribution >= 4 is 28.7 Å². The van der Waals surface area contributed by atoms with Gasteiger partial charge in [0.2, 0.25) is 0 Å². The molecule has 172 valence electrons. The van der Waals surface area contributed by atoms with Crippen LogP contribution in [0.3, 0.4) is 0 Å². The van der Waals surface area contributed by atoms with E-state index in [0.29, 0.717) is 22.8 Å². The highest BCUT2D eigenvalue weighted by molar-refractivity contribution is 7.81. The number of aliphatic hydroxyl groups excluding tert-OH is 1. The van der Waals surface area contributed by atoms with Crippen molar-refractivity contribution in [3.63, 3.8) is 0 Å². The number of benzene rings is 2. The molecule has 2 heterocycles. The number of hydrogen-bond donors (Lipinski definition) is 2. The van der Waals surface area contributed by atoms with Gasteiger partial charge in [-0.25, -0.2) is 0 Å². The van der Waals surface area contributed by atoms with Gasteiger partial charge in [0.25, 0.3) is 5.70 Å². The fourth-order valence-corrected chi connectivity index (χ4v) is 3.95. The fraction of sp³-hybridized carbons (Fsp3) is 0.172. The maximum Gasteiger partial charge on any atom is 0.287 e. The Morgan fingerprint density at radius 3 is 2.12 bits per heavy atom. The summed E-state index contributed by atoms with van der Waals surface area (Å²) in [6.07, 6.45) is 5.50. The Bertz CT molecular complexity index is 1270. The first kappa shape index (κ1) is 23.5. The molecule has 0 spiro atoms. The third kappa shape index (κ3) is 5.43. The molecule has 0 aliphatic heterocycles. The van der Waals surface area contributed by atoms with Crippen LogP contribution in [0.25, 0.3) is 22.6 Å². The van der Waals surface area contributed by atoms with Crippen molar-refractivity contribution in [3.05, 3.63) is 114 Å². The highest BCUT2D eigenvalue weighted by Crippen LogP contribution is 2.24. The second-order valence-electron chi connectivity index (χ2n) is 9.15. The quantitative estimate of drug-likeness (QED) is 0.146. The molecule has 0 saturated heterocycles. The van der Waals surface area contributed by atoms with Crippen molar-refractivity contribution in [2.75, 3.05) is 0 Å². The van der Waals surface area contributed by atoms with Gasteiger partial charge in [-0.05, 0) is 34.2 Å². The van der Waals surface area contributed by atoms with Crippen LogP contribution in [-0.2, 0) is 12.0 Å². The molecule has 4 aromatic rings. The fourth-order valence-electron chi connectivity index (χ4n) is 3.67. The Kier molecular flexibility index (Phi) is 6.94. The SMILES string of the molecule is CC(C)(C)c1cc[n+](C(C(=S)NCc2ccco2)=C(O)c2ccc(-c3ccccc3)cc2)cc1. The van der Waals surface area contributed by atoms with E-state index < -0.39 is 0 Å².